The molecular formula is C18H20N2O4. The number of esters is 1. The van der Waals surface area contributed by atoms with Crippen LogP contribution in [0.3, 0.4) is 0 Å². The van der Waals surface area contributed by atoms with Crippen LogP contribution in [-0.2, 0) is 16.1 Å². The second-order valence-corrected chi connectivity index (χ2v) is 6.93. The molecule has 3 aliphatic rings. The average Bonchev–Trinajstić information content (AvgIpc) is 3.49. The zero-order chi connectivity index (χ0) is 16.9. The van der Waals surface area contributed by atoms with Crippen molar-refractivity contribution in [3.8, 4) is 0 Å². The maximum absolute atomic E-state index is 13.0. The van der Waals surface area contributed by atoms with Crippen LogP contribution in [0.15, 0.2) is 24.3 Å². The van der Waals surface area contributed by atoms with Crippen LogP contribution in [0.2, 0.25) is 0 Å². The molecule has 126 valence electrons. The molecule has 0 bridgehead atoms. The lowest BCUT2D eigenvalue weighted by molar-refractivity contribution is -0.133. The summed E-state index contributed by atoms with van der Waals surface area (Å²) in [6, 6.07) is 6.50. The largest absolute Gasteiger partial charge is 0.465 e. The molecule has 2 saturated carbocycles. The third-order valence-electron chi connectivity index (χ3n) is 5.32. The fourth-order valence-corrected chi connectivity index (χ4v) is 3.77. The van der Waals surface area contributed by atoms with Gasteiger partial charge in [-0.05, 0) is 55.2 Å². The van der Waals surface area contributed by atoms with Crippen LogP contribution in [0, 0.1) is 11.8 Å². The van der Waals surface area contributed by atoms with Gasteiger partial charge in [-0.25, -0.2) is 9.59 Å². The Morgan fingerprint density at radius 1 is 1.17 bits per heavy atom. The number of benzene rings is 1. The summed E-state index contributed by atoms with van der Waals surface area (Å²) in [6.07, 6.45) is 4.07. The van der Waals surface area contributed by atoms with E-state index in [0.717, 1.165) is 31.2 Å². The minimum Gasteiger partial charge on any atom is -0.465 e. The lowest BCUT2D eigenvalue weighted by Crippen LogP contribution is -2.51. The molecule has 3 fully saturated rings. The Morgan fingerprint density at radius 3 is 2.25 bits per heavy atom. The lowest BCUT2D eigenvalue weighted by Gasteiger charge is -2.26. The van der Waals surface area contributed by atoms with Crippen LogP contribution in [0.4, 0.5) is 4.79 Å². The quantitative estimate of drug-likeness (QED) is 0.663. The number of hydrogen-bond acceptors (Lipinski definition) is 4. The summed E-state index contributed by atoms with van der Waals surface area (Å²) in [5.74, 6) is 0.119. The Morgan fingerprint density at radius 2 is 1.75 bits per heavy atom. The van der Waals surface area contributed by atoms with E-state index in [-0.39, 0.29) is 18.5 Å². The lowest BCUT2D eigenvalue weighted by atomic mass is 9.87. The first-order valence-electron chi connectivity index (χ1n) is 8.37. The van der Waals surface area contributed by atoms with E-state index in [1.54, 1.807) is 24.3 Å². The molecule has 2 aliphatic carbocycles. The van der Waals surface area contributed by atoms with Gasteiger partial charge in [-0.2, -0.15) is 0 Å². The predicted octanol–water partition coefficient (Wildman–Crippen LogP) is 2.08. The van der Waals surface area contributed by atoms with Crippen LogP contribution < -0.4 is 5.32 Å². The number of ether oxygens (including phenoxy) is 1. The number of carbonyl (C=O) groups is 3. The number of carbonyl (C=O) groups excluding carboxylic acids is 3. The summed E-state index contributed by atoms with van der Waals surface area (Å²) in [5.41, 5.74) is 0.612. The van der Waals surface area contributed by atoms with Gasteiger partial charge in [-0.15, -0.1) is 0 Å². The van der Waals surface area contributed by atoms with E-state index in [1.165, 1.54) is 12.0 Å². The van der Waals surface area contributed by atoms with Crippen LogP contribution in [0.5, 0.6) is 0 Å². The molecule has 0 aromatic heterocycles. The van der Waals surface area contributed by atoms with E-state index in [2.05, 4.69) is 10.1 Å². The molecule has 1 aromatic carbocycles. The number of nitrogens with one attached hydrogen (secondary N) is 1. The summed E-state index contributed by atoms with van der Waals surface area (Å²) in [7, 11) is 1.33. The number of urea groups is 1. The molecule has 6 nitrogen and oxygen atoms in total. The van der Waals surface area contributed by atoms with E-state index >= 15 is 0 Å². The highest BCUT2D eigenvalue weighted by molar-refractivity contribution is 6.07. The minimum atomic E-state index is -0.650. The van der Waals surface area contributed by atoms with E-state index in [9.17, 15) is 14.4 Å². The fraction of sp³-hybridized carbons (Fsp3) is 0.500. The molecule has 24 heavy (non-hydrogen) atoms. The fourth-order valence-electron chi connectivity index (χ4n) is 3.77. The van der Waals surface area contributed by atoms with Gasteiger partial charge in [0.1, 0.15) is 5.54 Å². The standard InChI is InChI=1S/C18H20N2O4/c1-24-15(21)12-4-2-11(3-5-12)10-20-16(22)18(13-6-7-13,14-8-9-14)19-17(20)23/h2-5,13-14H,6-10H2,1H3,(H,19,23). The van der Waals surface area contributed by atoms with Crippen molar-refractivity contribution in [2.24, 2.45) is 11.8 Å². The predicted molar refractivity (Wildman–Crippen MR) is 85.0 cm³/mol. The SMILES string of the molecule is COC(=O)c1ccc(CN2C(=O)NC(C3CC3)(C3CC3)C2=O)cc1. The molecule has 1 saturated heterocycles. The van der Waals surface area contributed by atoms with Crippen molar-refractivity contribution in [3.05, 3.63) is 35.4 Å². The van der Waals surface area contributed by atoms with Gasteiger partial charge in [0.15, 0.2) is 0 Å². The molecule has 1 N–H and O–H groups in total. The zero-order valence-electron chi connectivity index (χ0n) is 13.6. The minimum absolute atomic E-state index is 0.0745. The molecule has 3 amide bonds. The Labute approximate surface area is 140 Å². The number of hydrogen-bond donors (Lipinski definition) is 1. The maximum atomic E-state index is 13.0. The molecule has 0 spiro atoms. The van der Waals surface area contributed by atoms with Gasteiger partial charge in [-0.1, -0.05) is 12.1 Å². The molecule has 4 rings (SSSR count). The van der Waals surface area contributed by atoms with Crippen molar-refractivity contribution in [2.75, 3.05) is 7.11 Å². The molecule has 1 aliphatic heterocycles. The highest BCUT2D eigenvalue weighted by Crippen LogP contribution is 2.54. The van der Waals surface area contributed by atoms with Crippen molar-refractivity contribution in [3.63, 3.8) is 0 Å². The first-order chi connectivity index (χ1) is 11.6. The molecule has 1 aromatic rings. The van der Waals surface area contributed by atoms with Crippen LogP contribution in [-0.4, -0.2) is 35.5 Å². The van der Waals surface area contributed by atoms with Gasteiger partial charge < -0.3 is 10.1 Å². The number of methoxy groups -OCH3 is 1. The summed E-state index contributed by atoms with van der Waals surface area (Å²) in [5, 5.41) is 3.01. The Bertz CT molecular complexity index is 692. The molecule has 1 heterocycles. The average molecular weight is 328 g/mol. The smallest absolute Gasteiger partial charge is 0.337 e. The summed E-state index contributed by atoms with van der Waals surface area (Å²) >= 11 is 0. The van der Waals surface area contributed by atoms with E-state index < -0.39 is 11.5 Å². The normalized spacial score (nSPS) is 22.5. The summed E-state index contributed by atoms with van der Waals surface area (Å²) in [4.78, 5) is 38.2. The van der Waals surface area contributed by atoms with Gasteiger partial charge in [-0.3, -0.25) is 9.69 Å². The van der Waals surface area contributed by atoms with Gasteiger partial charge in [0.05, 0.1) is 19.2 Å². The van der Waals surface area contributed by atoms with Crippen LogP contribution in [0.1, 0.15) is 41.6 Å². The van der Waals surface area contributed by atoms with Gasteiger partial charge in [0, 0.05) is 0 Å². The molecule has 0 unspecified atom stereocenters. The second-order valence-electron chi connectivity index (χ2n) is 6.93. The number of imide groups is 1. The monoisotopic (exact) mass is 328 g/mol. The van der Waals surface area contributed by atoms with Crippen molar-refractivity contribution >= 4 is 17.9 Å². The zero-order valence-corrected chi connectivity index (χ0v) is 13.6. The Kier molecular flexibility index (Phi) is 3.37. The number of rotatable bonds is 5. The summed E-state index contributed by atoms with van der Waals surface area (Å²) < 4.78 is 4.67. The first kappa shape index (κ1) is 15.2. The second kappa shape index (κ2) is 5.33. The van der Waals surface area contributed by atoms with Crippen LogP contribution >= 0.6 is 0 Å². The van der Waals surface area contributed by atoms with E-state index in [1.807, 2.05) is 0 Å². The third kappa shape index (κ3) is 2.28. The summed E-state index contributed by atoms with van der Waals surface area (Å²) in [6.45, 7) is 0.229. The first-order valence-corrected chi connectivity index (χ1v) is 8.37. The number of amides is 3. The maximum Gasteiger partial charge on any atom is 0.337 e. The van der Waals surface area contributed by atoms with Crippen LogP contribution in [0.25, 0.3) is 0 Å². The molecule has 6 heteroatoms. The third-order valence-corrected chi connectivity index (χ3v) is 5.32. The highest BCUT2D eigenvalue weighted by atomic mass is 16.5. The molecule has 0 radical (unpaired) electrons. The van der Waals surface area contributed by atoms with E-state index in [0.29, 0.717) is 17.4 Å². The van der Waals surface area contributed by atoms with Gasteiger partial charge in [0.25, 0.3) is 5.91 Å². The van der Waals surface area contributed by atoms with Crippen molar-refractivity contribution in [2.45, 2.75) is 37.8 Å². The topological polar surface area (TPSA) is 75.7 Å². The van der Waals surface area contributed by atoms with Crippen molar-refractivity contribution < 1.29 is 19.1 Å². The van der Waals surface area contributed by atoms with Gasteiger partial charge >= 0.3 is 12.0 Å². The highest BCUT2D eigenvalue weighted by Gasteiger charge is 2.65. The number of nitrogens with zero attached hydrogens (tertiary/aromatic N) is 1. The Hall–Kier alpha value is -2.37. The molecule has 0 atom stereocenters. The van der Waals surface area contributed by atoms with Crippen molar-refractivity contribution in [1.82, 2.24) is 10.2 Å². The van der Waals surface area contributed by atoms with Crippen molar-refractivity contribution in [1.29, 1.82) is 0 Å². The van der Waals surface area contributed by atoms with Gasteiger partial charge in [0.2, 0.25) is 0 Å². The van der Waals surface area contributed by atoms with E-state index in [4.69, 9.17) is 0 Å². The Balaban J connectivity index is 1.53. The molecular weight excluding hydrogens is 308 g/mol.